The van der Waals surface area contributed by atoms with Crippen molar-refractivity contribution in [2.24, 2.45) is 5.41 Å². The molecule has 0 saturated carbocycles. The summed E-state index contributed by atoms with van der Waals surface area (Å²) in [4.78, 5) is 26.6. The topological polar surface area (TPSA) is 75.6 Å². The van der Waals surface area contributed by atoms with Gasteiger partial charge in [0, 0.05) is 11.5 Å². The van der Waals surface area contributed by atoms with E-state index in [-0.39, 0.29) is 0 Å². The Morgan fingerprint density at radius 3 is 2.19 bits per heavy atom. The quantitative estimate of drug-likeness (QED) is 0.546. The zero-order chi connectivity index (χ0) is 13.0. The van der Waals surface area contributed by atoms with E-state index in [1.54, 1.807) is 40.6 Å². The zero-order valence-corrected chi connectivity index (χ0v) is 10.3. The van der Waals surface area contributed by atoms with E-state index in [0.29, 0.717) is 0 Å². The van der Waals surface area contributed by atoms with Crippen LogP contribution in [-0.4, -0.2) is 28.7 Å². The number of hydrogen-bond acceptors (Lipinski definition) is 4. The Morgan fingerprint density at radius 1 is 1.38 bits per heavy atom. The lowest BCUT2D eigenvalue weighted by Crippen LogP contribution is -2.49. The van der Waals surface area contributed by atoms with Crippen LogP contribution in [0, 0.1) is 5.41 Å². The maximum atomic E-state index is 11.0. The molecule has 5 nitrogen and oxygen atoms in total. The van der Waals surface area contributed by atoms with Gasteiger partial charge in [-0.1, -0.05) is 13.8 Å². The normalized spacial score (nSPS) is 14.1. The van der Waals surface area contributed by atoms with Crippen LogP contribution in [0.2, 0.25) is 0 Å². The molecule has 0 aromatic rings. The summed E-state index contributed by atoms with van der Waals surface area (Å²) in [5.74, 6) is 0.524. The summed E-state index contributed by atoms with van der Waals surface area (Å²) in [5, 5.41) is 9.04. The third-order valence-electron chi connectivity index (χ3n) is 1.90. The van der Waals surface area contributed by atoms with E-state index in [0.717, 1.165) is 0 Å². The molecule has 16 heavy (non-hydrogen) atoms. The summed E-state index contributed by atoms with van der Waals surface area (Å²) in [6, 6.07) is -1.01. The molecule has 0 saturated heterocycles. The molecular formula is C11H19NO4. The molecule has 0 amide bonds. The number of nitrogens with one attached hydrogen (secondary N) is 1. The Morgan fingerprint density at radius 2 is 1.88 bits per heavy atom. The molecule has 0 radical (unpaired) electrons. The number of aliphatic carboxylic acids is 1. The van der Waals surface area contributed by atoms with E-state index in [9.17, 15) is 9.59 Å². The molecule has 1 unspecified atom stereocenters. The summed E-state index contributed by atoms with van der Waals surface area (Å²) in [6.07, 6.45) is 1.17. The summed E-state index contributed by atoms with van der Waals surface area (Å²) < 4.78 is 0. The van der Waals surface area contributed by atoms with Gasteiger partial charge in [0.15, 0.2) is 0 Å². The second kappa shape index (κ2) is 5.25. The van der Waals surface area contributed by atoms with Crippen molar-refractivity contribution in [3.63, 3.8) is 0 Å². The minimum absolute atomic E-state index is 0.505. The molecule has 2 N–H and O–H groups in total. The minimum atomic E-state index is -1.08. The molecule has 0 spiro atoms. The number of carboxylic acids is 1. The van der Waals surface area contributed by atoms with Crippen LogP contribution in [0.5, 0.6) is 0 Å². The second-order valence-electron chi connectivity index (χ2n) is 5.19. The highest BCUT2D eigenvalue weighted by Crippen LogP contribution is 2.22. The summed E-state index contributed by atoms with van der Waals surface area (Å²) in [7, 11) is 0. The van der Waals surface area contributed by atoms with Crippen LogP contribution >= 0.6 is 0 Å². The number of carbonyl (C=O) groups excluding carboxylic acids is 1. The Balaban J connectivity index is 4.76. The molecule has 0 heterocycles. The maximum absolute atomic E-state index is 11.0. The van der Waals surface area contributed by atoms with Crippen LogP contribution in [0.3, 0.4) is 0 Å². The van der Waals surface area contributed by atoms with E-state index in [1.807, 2.05) is 0 Å². The van der Waals surface area contributed by atoms with Crippen molar-refractivity contribution in [1.29, 1.82) is 0 Å². The van der Waals surface area contributed by atoms with Gasteiger partial charge < -0.3 is 5.11 Å². The average molecular weight is 229 g/mol. The molecule has 0 aliphatic rings. The Kier molecular flexibility index (Phi) is 4.87. The summed E-state index contributed by atoms with van der Waals surface area (Å²) >= 11 is 0. The summed E-state index contributed by atoms with van der Waals surface area (Å²) in [5.41, 5.74) is 1.09. The van der Waals surface area contributed by atoms with Crippen molar-refractivity contribution in [2.45, 2.75) is 46.3 Å². The van der Waals surface area contributed by atoms with Gasteiger partial charge in [0.2, 0.25) is 0 Å². The van der Waals surface area contributed by atoms with E-state index >= 15 is 0 Å². The van der Waals surface area contributed by atoms with Gasteiger partial charge in [-0.05, 0) is 20.8 Å². The van der Waals surface area contributed by atoms with E-state index < -0.39 is 23.0 Å². The minimum Gasteiger partial charge on any atom is -0.480 e. The van der Waals surface area contributed by atoms with Crippen LogP contribution in [0.1, 0.15) is 34.6 Å². The molecule has 1 atom stereocenters. The van der Waals surface area contributed by atoms with E-state index in [2.05, 4.69) is 5.48 Å². The first-order valence-corrected chi connectivity index (χ1v) is 4.98. The summed E-state index contributed by atoms with van der Waals surface area (Å²) in [6.45, 7) is 8.62. The second-order valence-corrected chi connectivity index (χ2v) is 5.19. The molecular weight excluding hydrogens is 210 g/mol. The first-order chi connectivity index (χ1) is 7.10. The number of hydroxylamine groups is 1. The van der Waals surface area contributed by atoms with Crippen molar-refractivity contribution in [3.05, 3.63) is 6.08 Å². The van der Waals surface area contributed by atoms with Crippen molar-refractivity contribution < 1.29 is 19.5 Å². The third kappa shape index (κ3) is 5.07. The van der Waals surface area contributed by atoms with Crippen LogP contribution in [-0.2, 0) is 14.4 Å². The smallest absolute Gasteiger partial charge is 0.323 e. The highest BCUT2D eigenvalue weighted by molar-refractivity contribution is 5.75. The number of hydrogen-bond donors (Lipinski definition) is 2. The third-order valence-corrected chi connectivity index (χ3v) is 1.90. The molecule has 92 valence electrons. The van der Waals surface area contributed by atoms with Gasteiger partial charge in [-0.2, -0.15) is 5.48 Å². The van der Waals surface area contributed by atoms with E-state index in [4.69, 9.17) is 9.94 Å². The molecule has 0 aromatic heterocycles. The molecule has 0 aromatic carbocycles. The predicted octanol–water partition coefficient (Wildman–Crippen LogP) is 1.17. The van der Waals surface area contributed by atoms with Gasteiger partial charge in [-0.25, -0.2) is 4.79 Å². The fourth-order valence-electron chi connectivity index (χ4n) is 0.991. The highest BCUT2D eigenvalue weighted by Gasteiger charge is 2.35. The maximum Gasteiger partial charge on any atom is 0.323 e. The standard InChI is InChI=1S/C11H19NO4/c1-10(2,3)16-12-8(9(14)15)11(4,5)6-7-13/h6,8,12H,1-5H3,(H,14,15). The van der Waals surface area contributed by atoms with E-state index in [1.165, 1.54) is 6.08 Å². The molecule has 0 aliphatic heterocycles. The van der Waals surface area contributed by atoms with Crippen LogP contribution in [0.15, 0.2) is 6.08 Å². The first kappa shape index (κ1) is 14.8. The molecule has 5 heteroatoms. The monoisotopic (exact) mass is 229 g/mol. The Bertz CT molecular complexity index is 298. The number of carbonyl (C=O) groups is 1. The number of carboxylic acid groups (broad SMARTS) is 1. The van der Waals surface area contributed by atoms with Crippen molar-refractivity contribution >= 4 is 11.9 Å². The van der Waals surface area contributed by atoms with Crippen LogP contribution in [0.25, 0.3) is 0 Å². The van der Waals surface area contributed by atoms with Gasteiger partial charge in [0.05, 0.1) is 5.60 Å². The molecule has 0 bridgehead atoms. The zero-order valence-electron chi connectivity index (χ0n) is 10.3. The van der Waals surface area contributed by atoms with Gasteiger partial charge in [0.1, 0.15) is 12.0 Å². The van der Waals surface area contributed by atoms with Crippen molar-refractivity contribution in [3.8, 4) is 0 Å². The molecule has 0 rings (SSSR count). The van der Waals surface area contributed by atoms with Crippen molar-refractivity contribution in [1.82, 2.24) is 5.48 Å². The molecule has 0 aliphatic carbocycles. The number of rotatable bonds is 5. The van der Waals surface area contributed by atoms with Gasteiger partial charge in [-0.15, -0.1) is 0 Å². The average Bonchev–Trinajstić information content (AvgIpc) is 1.99. The van der Waals surface area contributed by atoms with Crippen LogP contribution < -0.4 is 5.48 Å². The van der Waals surface area contributed by atoms with Crippen molar-refractivity contribution in [2.75, 3.05) is 0 Å². The van der Waals surface area contributed by atoms with Crippen LogP contribution in [0.4, 0.5) is 0 Å². The predicted molar refractivity (Wildman–Crippen MR) is 59.4 cm³/mol. The first-order valence-electron chi connectivity index (χ1n) is 4.98. The SMILES string of the molecule is CC(C)(C)ONC(C(=O)O)C(C)(C)C=C=O. The van der Waals surface area contributed by atoms with Gasteiger partial charge >= 0.3 is 5.97 Å². The van der Waals surface area contributed by atoms with Gasteiger partial charge in [0.25, 0.3) is 0 Å². The Labute approximate surface area is 95.4 Å². The highest BCUT2D eigenvalue weighted by atomic mass is 16.7. The largest absolute Gasteiger partial charge is 0.480 e. The van der Waals surface area contributed by atoms with Gasteiger partial charge in [-0.3, -0.25) is 9.63 Å². The Hall–Kier alpha value is -1.16. The fourth-order valence-corrected chi connectivity index (χ4v) is 0.991. The molecule has 0 fully saturated rings. The lowest BCUT2D eigenvalue weighted by Gasteiger charge is -2.30. The lowest BCUT2D eigenvalue weighted by atomic mass is 9.85. The lowest BCUT2D eigenvalue weighted by molar-refractivity contribution is -0.155. The fraction of sp³-hybridized carbons (Fsp3) is 0.727.